The first-order valence-electron chi connectivity index (χ1n) is 27.7. The highest BCUT2D eigenvalue weighted by molar-refractivity contribution is 5.94. The second kappa shape index (κ2) is 27.3. The summed E-state index contributed by atoms with van der Waals surface area (Å²) in [5.74, 6) is -1.14. The van der Waals surface area contributed by atoms with Gasteiger partial charge in [-0.25, -0.2) is 14.4 Å². The predicted octanol–water partition coefficient (Wildman–Crippen LogP) is 8.09. The Labute approximate surface area is 464 Å². The lowest BCUT2D eigenvalue weighted by molar-refractivity contribution is -0.141. The van der Waals surface area contributed by atoms with Crippen molar-refractivity contribution in [1.82, 2.24) is 40.0 Å². The summed E-state index contributed by atoms with van der Waals surface area (Å²) in [6.45, 7) is 22.4. The summed E-state index contributed by atoms with van der Waals surface area (Å²) in [6.07, 6.45) is 3.36. The van der Waals surface area contributed by atoms with Crippen molar-refractivity contribution in [3.63, 3.8) is 0 Å². The summed E-state index contributed by atoms with van der Waals surface area (Å²) in [4.78, 5) is 108. The molecule has 2 fully saturated rings. The van der Waals surface area contributed by atoms with E-state index in [1.165, 1.54) is 11.9 Å². The number of urea groups is 2. The SMILES string of the molecule is C[C@@H](C(=O)N[C@H](C(=O)N1CCC[C@H]1CN(CCc1ccccc1)C(=O)Nc1ccc(NC(=O)N(CCc2ccccc2)C[C@@H]2CCCN2C(=O)[C@@H](NC(=O)[C@H](C)N(C)C(=O)OC(C)(C)C)C(C)(C)C)cc1)C(C)(C)C)N(C)C. The zero-order valence-electron chi connectivity index (χ0n) is 49.0. The molecule has 6 atom stereocenters. The number of rotatable bonds is 20. The van der Waals surface area contributed by atoms with E-state index in [2.05, 4.69) is 21.3 Å². The lowest BCUT2D eigenvalue weighted by atomic mass is 9.85. The Balaban J connectivity index is 1.30. The first-order chi connectivity index (χ1) is 36.5. The third kappa shape index (κ3) is 17.9. The van der Waals surface area contributed by atoms with E-state index >= 15 is 0 Å². The predicted molar refractivity (Wildman–Crippen MR) is 307 cm³/mol. The molecular formula is C60H90N10O8. The Hall–Kier alpha value is -6.69. The smallest absolute Gasteiger partial charge is 0.410 e. The summed E-state index contributed by atoms with van der Waals surface area (Å²) in [6, 6.07) is 22.4. The number of carbonyl (C=O) groups is 7. The standard InChI is InChI=1S/C60H90N10O8/c1-41(65(12)13)51(71)63-49(58(3,4)5)53(73)69-35-21-27-47(69)39-67(37-33-43-23-17-15-18-24-43)55(75)61-45-29-31-46(32-30-45)62-56(76)68(38-34-44-25-19-16-20-26-44)40-48-28-22-36-70(48)54(74)50(59(6,7)8)64-52(72)42(2)66(14)57(77)78-60(9,10)11/h15-20,23-26,29-32,41-42,47-50H,21-22,27-28,33-40H2,1-14H3,(H,61,75)(H,62,76)(H,63,71)(H,64,72)/t41-,42-,47-,48-,49+,50+/m0/s1. The van der Waals surface area contributed by atoms with Gasteiger partial charge in [0.25, 0.3) is 0 Å². The van der Waals surface area contributed by atoms with Crippen molar-refractivity contribution < 1.29 is 38.3 Å². The number of nitrogens with zero attached hydrogens (tertiary/aromatic N) is 6. The quantitative estimate of drug-likeness (QED) is 0.0865. The molecule has 2 aliphatic rings. The number of carbonyl (C=O) groups excluding carboxylic acids is 7. The van der Waals surface area contributed by atoms with Crippen molar-refractivity contribution in [2.45, 2.75) is 157 Å². The summed E-state index contributed by atoms with van der Waals surface area (Å²) in [7, 11) is 5.14. The number of hydrogen-bond donors (Lipinski definition) is 4. The number of likely N-dealkylation sites (N-methyl/N-ethyl adjacent to an activating group) is 2. The van der Waals surface area contributed by atoms with Gasteiger partial charge in [-0.3, -0.25) is 29.0 Å². The monoisotopic (exact) mass is 1080 g/mol. The average molecular weight is 1080 g/mol. The molecule has 5 rings (SSSR count). The fourth-order valence-electron chi connectivity index (χ4n) is 9.61. The van der Waals surface area contributed by atoms with Gasteiger partial charge in [0.05, 0.1) is 6.04 Å². The van der Waals surface area contributed by atoms with E-state index in [-0.39, 0.29) is 48.4 Å². The first-order valence-corrected chi connectivity index (χ1v) is 27.7. The molecule has 0 aliphatic carbocycles. The molecule has 3 aromatic rings. The molecule has 3 aromatic carbocycles. The van der Waals surface area contributed by atoms with Gasteiger partial charge in [0.15, 0.2) is 0 Å². The van der Waals surface area contributed by atoms with E-state index in [4.69, 9.17) is 4.74 Å². The Kier molecular flexibility index (Phi) is 21.7. The van der Waals surface area contributed by atoms with Crippen LogP contribution in [0.2, 0.25) is 0 Å². The molecule has 428 valence electrons. The molecule has 2 saturated heterocycles. The van der Waals surface area contributed by atoms with Crippen LogP contribution in [0.25, 0.3) is 0 Å². The highest BCUT2D eigenvalue weighted by atomic mass is 16.6. The van der Waals surface area contributed by atoms with E-state index in [1.807, 2.05) is 121 Å². The summed E-state index contributed by atoms with van der Waals surface area (Å²) in [5.41, 5.74) is 1.12. The molecule has 78 heavy (non-hydrogen) atoms. The zero-order valence-corrected chi connectivity index (χ0v) is 49.0. The van der Waals surface area contributed by atoms with Gasteiger partial charge in [-0.05, 0) is 133 Å². The molecule has 18 nitrogen and oxygen atoms in total. The number of hydrogen-bond acceptors (Lipinski definition) is 9. The fourth-order valence-corrected chi connectivity index (χ4v) is 9.61. The maximum absolute atomic E-state index is 14.6. The van der Waals surface area contributed by atoms with Crippen LogP contribution in [0.4, 0.5) is 25.8 Å². The van der Waals surface area contributed by atoms with Crippen molar-refractivity contribution in [1.29, 1.82) is 0 Å². The van der Waals surface area contributed by atoms with Gasteiger partial charge in [-0.2, -0.15) is 0 Å². The lowest BCUT2D eigenvalue weighted by Crippen LogP contribution is -2.59. The molecular weight excluding hydrogens is 989 g/mol. The average Bonchev–Trinajstić information content (AvgIpc) is 4.06. The van der Waals surface area contributed by atoms with Crippen LogP contribution < -0.4 is 21.3 Å². The van der Waals surface area contributed by atoms with E-state index in [1.54, 1.807) is 78.5 Å². The van der Waals surface area contributed by atoms with Crippen LogP contribution in [0.5, 0.6) is 0 Å². The maximum atomic E-state index is 14.6. The molecule has 0 spiro atoms. The minimum atomic E-state index is -0.924. The molecule has 9 amide bonds. The van der Waals surface area contributed by atoms with Crippen molar-refractivity contribution in [3.05, 3.63) is 96.1 Å². The zero-order chi connectivity index (χ0) is 57.7. The Morgan fingerprint density at radius 2 is 0.936 bits per heavy atom. The van der Waals surface area contributed by atoms with E-state index in [9.17, 15) is 33.6 Å². The molecule has 4 N–H and O–H groups in total. The number of anilines is 2. The largest absolute Gasteiger partial charge is 0.444 e. The van der Waals surface area contributed by atoms with Crippen molar-refractivity contribution >= 4 is 53.2 Å². The number of nitrogens with one attached hydrogen (secondary N) is 4. The van der Waals surface area contributed by atoms with Crippen LogP contribution in [0, 0.1) is 10.8 Å². The Morgan fingerprint density at radius 3 is 1.28 bits per heavy atom. The summed E-state index contributed by atoms with van der Waals surface area (Å²) in [5, 5.41) is 12.1. The van der Waals surface area contributed by atoms with Crippen molar-refractivity contribution in [3.8, 4) is 0 Å². The highest BCUT2D eigenvalue weighted by Crippen LogP contribution is 2.29. The summed E-state index contributed by atoms with van der Waals surface area (Å²) >= 11 is 0. The Bertz CT molecular complexity index is 2490. The minimum absolute atomic E-state index is 0.162. The number of likely N-dealkylation sites (tertiary alicyclic amines) is 2. The van der Waals surface area contributed by atoms with E-state index in [0.717, 1.165) is 24.0 Å². The van der Waals surface area contributed by atoms with Gasteiger partial charge >= 0.3 is 18.2 Å². The lowest BCUT2D eigenvalue weighted by Gasteiger charge is -2.38. The maximum Gasteiger partial charge on any atom is 0.410 e. The van der Waals surface area contributed by atoms with Crippen LogP contribution in [0.15, 0.2) is 84.9 Å². The van der Waals surface area contributed by atoms with Crippen LogP contribution in [-0.4, -0.2) is 173 Å². The molecule has 2 heterocycles. The molecule has 0 unspecified atom stereocenters. The summed E-state index contributed by atoms with van der Waals surface area (Å²) < 4.78 is 5.49. The first kappa shape index (κ1) is 62.2. The van der Waals surface area contributed by atoms with Gasteiger partial charge in [-0.1, -0.05) is 102 Å². The van der Waals surface area contributed by atoms with Gasteiger partial charge < -0.3 is 45.6 Å². The fraction of sp³-hybridized carbons (Fsp3) is 0.583. The molecule has 0 bridgehead atoms. The minimum Gasteiger partial charge on any atom is -0.444 e. The number of ether oxygens (including phenoxy) is 1. The Morgan fingerprint density at radius 1 is 0.564 bits per heavy atom. The van der Waals surface area contributed by atoms with Crippen molar-refractivity contribution in [2.75, 3.05) is 71.0 Å². The van der Waals surface area contributed by atoms with Crippen molar-refractivity contribution in [2.24, 2.45) is 10.8 Å². The second-order valence-electron chi connectivity index (χ2n) is 24.5. The van der Waals surface area contributed by atoms with E-state index < -0.39 is 52.6 Å². The van der Waals surface area contributed by atoms with E-state index in [0.29, 0.717) is 69.8 Å². The van der Waals surface area contributed by atoms with Crippen LogP contribution >= 0.6 is 0 Å². The molecule has 0 saturated carbocycles. The molecule has 0 aromatic heterocycles. The normalized spacial score (nSPS) is 17.3. The van der Waals surface area contributed by atoms with Gasteiger partial charge in [0.2, 0.25) is 23.6 Å². The van der Waals surface area contributed by atoms with Gasteiger partial charge in [0, 0.05) is 69.8 Å². The molecule has 2 aliphatic heterocycles. The number of benzene rings is 3. The third-order valence-electron chi connectivity index (χ3n) is 14.8. The number of amides is 9. The van der Waals surface area contributed by atoms with Crippen LogP contribution in [0.1, 0.15) is 113 Å². The second-order valence-corrected chi connectivity index (χ2v) is 24.5. The molecule has 18 heteroatoms. The third-order valence-corrected chi connectivity index (χ3v) is 14.8. The van der Waals surface area contributed by atoms with Gasteiger partial charge in [-0.15, -0.1) is 0 Å². The molecule has 0 radical (unpaired) electrons. The van der Waals surface area contributed by atoms with Gasteiger partial charge in [0.1, 0.15) is 23.7 Å². The topological polar surface area (TPSA) is 196 Å². The highest BCUT2D eigenvalue weighted by Gasteiger charge is 2.43. The van der Waals surface area contributed by atoms with Crippen LogP contribution in [-0.2, 0) is 36.8 Å². The van der Waals surface area contributed by atoms with Crippen LogP contribution in [0.3, 0.4) is 0 Å².